The van der Waals surface area contributed by atoms with Crippen molar-refractivity contribution in [2.45, 2.75) is 50.0 Å². The van der Waals surface area contributed by atoms with Crippen molar-refractivity contribution in [3.05, 3.63) is 75.5 Å². The van der Waals surface area contributed by atoms with Crippen molar-refractivity contribution in [2.24, 2.45) is 0 Å². The van der Waals surface area contributed by atoms with Crippen LogP contribution in [-0.4, -0.2) is 33.4 Å². The molecule has 1 aliphatic carbocycles. The van der Waals surface area contributed by atoms with E-state index in [0.717, 1.165) is 62.3 Å². The van der Waals surface area contributed by atoms with Crippen molar-refractivity contribution in [3.63, 3.8) is 0 Å². The molecule has 1 saturated carbocycles. The highest BCUT2D eigenvalue weighted by Gasteiger charge is 2.53. The molecule has 1 amide bonds. The molecule has 0 atom stereocenters. The van der Waals surface area contributed by atoms with Gasteiger partial charge >= 0.3 is 0 Å². The summed E-state index contributed by atoms with van der Waals surface area (Å²) in [7, 11) is 0. The van der Waals surface area contributed by atoms with Crippen LogP contribution in [0.3, 0.4) is 0 Å². The van der Waals surface area contributed by atoms with Crippen molar-refractivity contribution in [1.29, 1.82) is 0 Å². The Kier molecular flexibility index (Phi) is 5.42. The third-order valence-corrected chi connectivity index (χ3v) is 7.66. The number of aryl methyl sites for hydroxylation is 2. The number of carbonyl (C=O) groups excluding carboxylic acids is 1. The van der Waals surface area contributed by atoms with Gasteiger partial charge in [0.05, 0.1) is 5.41 Å². The van der Waals surface area contributed by atoms with Crippen LogP contribution in [0.4, 0.5) is 0 Å². The normalized spacial score (nSPS) is 18.5. The number of imidazole rings is 1. The van der Waals surface area contributed by atoms with Gasteiger partial charge in [-0.3, -0.25) is 4.79 Å². The van der Waals surface area contributed by atoms with Crippen LogP contribution >= 0.6 is 22.9 Å². The van der Waals surface area contributed by atoms with Gasteiger partial charge in [0.2, 0.25) is 5.91 Å². The zero-order valence-corrected chi connectivity index (χ0v) is 18.5. The highest BCUT2D eigenvalue weighted by atomic mass is 35.5. The van der Waals surface area contributed by atoms with Crippen LogP contribution in [0.5, 0.6) is 0 Å². The summed E-state index contributed by atoms with van der Waals surface area (Å²) >= 11 is 7.79. The van der Waals surface area contributed by atoms with Gasteiger partial charge in [-0.15, -0.1) is 0 Å². The smallest absolute Gasteiger partial charge is 0.233 e. The molecular weight excluding hydrogens is 414 g/mol. The predicted molar refractivity (Wildman–Crippen MR) is 121 cm³/mol. The summed E-state index contributed by atoms with van der Waals surface area (Å²) < 4.78 is 2.30. The molecule has 5 rings (SSSR count). The lowest BCUT2D eigenvalue weighted by Crippen LogP contribution is -2.44. The van der Waals surface area contributed by atoms with Gasteiger partial charge in [0.25, 0.3) is 0 Å². The molecule has 3 heterocycles. The van der Waals surface area contributed by atoms with Crippen LogP contribution < -0.4 is 0 Å². The minimum atomic E-state index is -0.309. The third kappa shape index (κ3) is 3.81. The predicted octanol–water partition coefficient (Wildman–Crippen LogP) is 5.28. The summed E-state index contributed by atoms with van der Waals surface area (Å²) in [5, 5.41) is 5.07. The average molecular weight is 440 g/mol. The van der Waals surface area contributed by atoms with Gasteiger partial charge in [0.1, 0.15) is 5.82 Å². The van der Waals surface area contributed by atoms with E-state index in [2.05, 4.69) is 37.5 Å². The van der Waals surface area contributed by atoms with Gasteiger partial charge in [-0.1, -0.05) is 23.7 Å². The molecular formula is C24H26ClN3OS. The van der Waals surface area contributed by atoms with Crippen LogP contribution in [0.1, 0.15) is 48.6 Å². The Morgan fingerprint density at radius 2 is 1.93 bits per heavy atom. The molecule has 0 unspecified atom stereocenters. The van der Waals surface area contributed by atoms with Crippen LogP contribution in [0, 0.1) is 0 Å². The fourth-order valence-corrected chi connectivity index (χ4v) is 5.55. The highest BCUT2D eigenvalue weighted by Crippen LogP contribution is 2.50. The topological polar surface area (TPSA) is 38.1 Å². The number of carbonyl (C=O) groups is 1. The fourth-order valence-electron chi connectivity index (χ4n) is 4.72. The first kappa shape index (κ1) is 19.8. The number of benzene rings is 1. The standard InChI is InChI=1S/C24H26ClN3OS/c25-21-3-1-20(2-4-21)24(9-10-24)23(29)28-13-6-19(7-14-28)22-26-11-15-27(22)12-5-18-8-16-30-17-18/h1-4,8,11,15-17,19H,5-7,9-10,12-14H2. The van der Waals surface area contributed by atoms with Crippen molar-refractivity contribution in [2.75, 3.05) is 13.1 Å². The number of nitrogens with zero attached hydrogens (tertiary/aromatic N) is 3. The Morgan fingerprint density at radius 3 is 2.60 bits per heavy atom. The number of halogens is 1. The summed E-state index contributed by atoms with van der Waals surface area (Å²) in [5.41, 5.74) is 2.19. The summed E-state index contributed by atoms with van der Waals surface area (Å²) in [6, 6.07) is 10.0. The van der Waals surface area contributed by atoms with Crippen LogP contribution in [0.25, 0.3) is 0 Å². The summed E-state index contributed by atoms with van der Waals surface area (Å²) in [5.74, 6) is 1.90. The Bertz CT molecular complexity index is 1000. The Hall–Kier alpha value is -2.11. The van der Waals surface area contributed by atoms with Crippen molar-refractivity contribution in [3.8, 4) is 0 Å². The second kappa shape index (κ2) is 8.20. The first-order valence-corrected chi connectivity index (χ1v) is 12.1. The van der Waals surface area contributed by atoms with E-state index in [1.807, 2.05) is 30.5 Å². The molecule has 3 aromatic rings. The molecule has 0 bridgehead atoms. The SMILES string of the molecule is O=C(N1CCC(c2nccn2CCc2ccsc2)CC1)C1(c2ccc(Cl)cc2)CC1. The molecule has 1 aliphatic heterocycles. The lowest BCUT2D eigenvalue weighted by atomic mass is 9.91. The monoisotopic (exact) mass is 439 g/mol. The first-order chi connectivity index (χ1) is 14.7. The van der Waals surface area contributed by atoms with E-state index in [0.29, 0.717) is 11.8 Å². The minimum absolute atomic E-state index is 0.295. The lowest BCUT2D eigenvalue weighted by molar-refractivity contribution is -0.135. The van der Waals surface area contributed by atoms with E-state index in [9.17, 15) is 4.79 Å². The van der Waals surface area contributed by atoms with Crippen LogP contribution in [0.2, 0.25) is 5.02 Å². The number of piperidine rings is 1. The zero-order valence-electron chi connectivity index (χ0n) is 17.0. The molecule has 0 radical (unpaired) electrons. The largest absolute Gasteiger partial charge is 0.342 e. The van der Waals surface area contributed by atoms with E-state index >= 15 is 0 Å². The maximum Gasteiger partial charge on any atom is 0.233 e. The molecule has 2 aliphatic rings. The molecule has 0 spiro atoms. The second-order valence-electron chi connectivity index (χ2n) is 8.52. The molecule has 1 aromatic carbocycles. The second-order valence-corrected chi connectivity index (χ2v) is 9.73. The van der Waals surface area contributed by atoms with Gasteiger partial charge in [0, 0.05) is 43.0 Å². The molecule has 1 saturated heterocycles. The quantitative estimate of drug-likeness (QED) is 0.524. The number of hydrogen-bond acceptors (Lipinski definition) is 3. The average Bonchev–Trinajstić information content (AvgIpc) is 3.18. The number of likely N-dealkylation sites (tertiary alicyclic amines) is 1. The zero-order chi connectivity index (χ0) is 20.6. The summed E-state index contributed by atoms with van der Waals surface area (Å²) in [6.45, 7) is 2.59. The van der Waals surface area contributed by atoms with Crippen molar-refractivity contribution >= 4 is 28.8 Å². The minimum Gasteiger partial charge on any atom is -0.342 e. The maximum atomic E-state index is 13.3. The summed E-state index contributed by atoms with van der Waals surface area (Å²) in [6.07, 6.45) is 8.91. The molecule has 2 fully saturated rings. The number of rotatable bonds is 6. The molecule has 4 nitrogen and oxygen atoms in total. The maximum absolute atomic E-state index is 13.3. The summed E-state index contributed by atoms with van der Waals surface area (Å²) in [4.78, 5) is 20.1. The third-order valence-electron chi connectivity index (χ3n) is 6.67. The Morgan fingerprint density at radius 1 is 1.17 bits per heavy atom. The molecule has 0 N–H and O–H groups in total. The lowest BCUT2D eigenvalue weighted by Gasteiger charge is -2.34. The van der Waals surface area contributed by atoms with E-state index < -0.39 is 0 Å². The Balaban J connectivity index is 1.21. The van der Waals surface area contributed by atoms with E-state index in [1.54, 1.807) is 11.3 Å². The Labute approximate surface area is 186 Å². The number of aromatic nitrogens is 2. The molecule has 156 valence electrons. The van der Waals surface area contributed by atoms with E-state index in [1.165, 1.54) is 11.4 Å². The van der Waals surface area contributed by atoms with Gasteiger partial charge in [0.15, 0.2) is 0 Å². The van der Waals surface area contributed by atoms with Crippen molar-refractivity contribution in [1.82, 2.24) is 14.5 Å². The number of thiophene rings is 1. The van der Waals surface area contributed by atoms with E-state index in [-0.39, 0.29) is 5.41 Å². The van der Waals surface area contributed by atoms with Crippen LogP contribution in [-0.2, 0) is 23.2 Å². The molecule has 2 aromatic heterocycles. The van der Waals surface area contributed by atoms with Crippen molar-refractivity contribution < 1.29 is 4.79 Å². The number of hydrogen-bond donors (Lipinski definition) is 0. The fraction of sp³-hybridized carbons (Fsp3) is 0.417. The van der Waals surface area contributed by atoms with Gasteiger partial charge in [-0.2, -0.15) is 11.3 Å². The van der Waals surface area contributed by atoms with E-state index in [4.69, 9.17) is 11.6 Å². The highest BCUT2D eigenvalue weighted by molar-refractivity contribution is 7.07. The number of amides is 1. The van der Waals surface area contributed by atoms with Gasteiger partial charge in [-0.05, 0) is 72.2 Å². The van der Waals surface area contributed by atoms with Gasteiger partial charge < -0.3 is 9.47 Å². The molecule has 30 heavy (non-hydrogen) atoms. The van der Waals surface area contributed by atoms with Gasteiger partial charge in [-0.25, -0.2) is 4.98 Å². The first-order valence-electron chi connectivity index (χ1n) is 10.7. The van der Waals surface area contributed by atoms with Crippen LogP contribution in [0.15, 0.2) is 53.5 Å². The molecule has 6 heteroatoms.